The molecule has 1 aromatic rings. The van der Waals surface area contributed by atoms with E-state index in [4.69, 9.17) is 0 Å². The second-order valence-electron chi connectivity index (χ2n) is 5.20. The van der Waals surface area contributed by atoms with Gasteiger partial charge in [-0.2, -0.15) is 0 Å². The lowest BCUT2D eigenvalue weighted by atomic mass is 10.0. The fourth-order valence-electron chi connectivity index (χ4n) is 2.37. The number of amides is 1. The monoisotopic (exact) mass is 332 g/mol. The normalized spacial score (nSPS) is 19.3. The Morgan fingerprint density at radius 2 is 2.14 bits per heavy atom. The van der Waals surface area contributed by atoms with E-state index in [1.54, 1.807) is 6.20 Å². The summed E-state index contributed by atoms with van der Waals surface area (Å²) in [5.74, 6) is -0.0838. The number of hydrogen-bond acceptors (Lipinski definition) is 6. The summed E-state index contributed by atoms with van der Waals surface area (Å²) >= 11 is 1.38. The average Bonchev–Trinajstić information content (AvgIpc) is 2.90. The van der Waals surface area contributed by atoms with Crippen molar-refractivity contribution in [1.82, 2.24) is 14.6 Å². The molecular formula is C12H20N4O3S2. The minimum atomic E-state index is -3.17. The first-order chi connectivity index (χ1) is 9.85. The van der Waals surface area contributed by atoms with Gasteiger partial charge in [0.05, 0.1) is 12.3 Å². The summed E-state index contributed by atoms with van der Waals surface area (Å²) in [5.41, 5.74) is 0. The molecule has 2 rings (SSSR count). The summed E-state index contributed by atoms with van der Waals surface area (Å²) in [4.78, 5) is 18.2. The highest BCUT2D eigenvalue weighted by Crippen LogP contribution is 2.16. The van der Waals surface area contributed by atoms with Crippen LogP contribution in [0.1, 0.15) is 19.8 Å². The van der Waals surface area contributed by atoms with Crippen LogP contribution in [0.3, 0.4) is 0 Å². The maximum atomic E-state index is 12.1. The van der Waals surface area contributed by atoms with Gasteiger partial charge in [-0.05, 0) is 19.8 Å². The molecule has 0 bridgehead atoms. The van der Waals surface area contributed by atoms with E-state index in [-0.39, 0.29) is 18.0 Å². The van der Waals surface area contributed by atoms with Gasteiger partial charge in [0.2, 0.25) is 15.9 Å². The van der Waals surface area contributed by atoms with Crippen LogP contribution in [0.4, 0.5) is 5.13 Å². The molecule has 1 saturated heterocycles. The highest BCUT2D eigenvalue weighted by Gasteiger charge is 2.27. The van der Waals surface area contributed by atoms with E-state index in [1.807, 2.05) is 12.3 Å². The number of carbonyl (C=O) groups excluding carboxylic acids is 1. The van der Waals surface area contributed by atoms with E-state index >= 15 is 0 Å². The lowest BCUT2D eigenvalue weighted by Crippen LogP contribution is -2.50. The van der Waals surface area contributed by atoms with Crippen LogP contribution in [0, 0.1) is 0 Å². The number of rotatable bonds is 5. The number of piperidine rings is 1. The molecule has 0 aliphatic carbocycles. The lowest BCUT2D eigenvalue weighted by Gasteiger charge is -2.35. The second kappa shape index (κ2) is 6.82. The maximum absolute atomic E-state index is 12.1. The summed E-state index contributed by atoms with van der Waals surface area (Å²) < 4.78 is 25.0. The Morgan fingerprint density at radius 1 is 1.48 bits per heavy atom. The minimum Gasteiger partial charge on any atom is -0.301 e. The Hall–Kier alpha value is -1.03. The molecule has 0 spiro atoms. The van der Waals surface area contributed by atoms with Crippen molar-refractivity contribution in [3.8, 4) is 0 Å². The van der Waals surface area contributed by atoms with Crippen LogP contribution in [-0.2, 0) is 14.8 Å². The van der Waals surface area contributed by atoms with Gasteiger partial charge in [0.25, 0.3) is 0 Å². The third-order valence-corrected chi connectivity index (χ3v) is 4.95. The molecule has 21 heavy (non-hydrogen) atoms. The Labute approximate surface area is 128 Å². The van der Waals surface area contributed by atoms with E-state index in [0.717, 1.165) is 0 Å². The molecule has 7 nitrogen and oxygen atoms in total. The Morgan fingerprint density at radius 3 is 2.67 bits per heavy atom. The average molecular weight is 332 g/mol. The van der Waals surface area contributed by atoms with E-state index in [9.17, 15) is 13.2 Å². The van der Waals surface area contributed by atoms with Crippen LogP contribution in [0.25, 0.3) is 0 Å². The van der Waals surface area contributed by atoms with Crippen molar-refractivity contribution in [2.45, 2.75) is 31.8 Å². The predicted octanol–water partition coefficient (Wildman–Crippen LogP) is 0.484. The first-order valence-corrected chi connectivity index (χ1v) is 9.54. The largest absolute Gasteiger partial charge is 0.301 e. The molecule has 1 fully saturated rings. The standard InChI is InChI=1S/C12H20N4O3S2/c1-9(11(17)14-12-13-5-8-20-12)16-6-3-10(4-7-16)15-21(2,18)19/h5,8-10,15H,3-4,6-7H2,1-2H3,(H,13,14,17). The minimum absolute atomic E-state index is 0.0366. The highest BCUT2D eigenvalue weighted by molar-refractivity contribution is 7.88. The number of anilines is 1. The zero-order valence-corrected chi connectivity index (χ0v) is 13.7. The van der Waals surface area contributed by atoms with Crippen molar-refractivity contribution in [3.05, 3.63) is 11.6 Å². The van der Waals surface area contributed by atoms with E-state index in [2.05, 4.69) is 19.9 Å². The Balaban J connectivity index is 1.82. The molecule has 2 N–H and O–H groups in total. The van der Waals surface area contributed by atoms with Gasteiger partial charge in [0.15, 0.2) is 5.13 Å². The highest BCUT2D eigenvalue weighted by atomic mass is 32.2. The smallest absolute Gasteiger partial charge is 0.243 e. The number of aromatic nitrogens is 1. The van der Waals surface area contributed by atoms with E-state index < -0.39 is 10.0 Å². The van der Waals surface area contributed by atoms with Crippen LogP contribution in [0.2, 0.25) is 0 Å². The number of hydrogen-bond donors (Lipinski definition) is 2. The quantitative estimate of drug-likeness (QED) is 0.818. The van der Waals surface area contributed by atoms with Gasteiger partial charge in [-0.1, -0.05) is 0 Å². The maximum Gasteiger partial charge on any atom is 0.243 e. The van der Waals surface area contributed by atoms with E-state index in [0.29, 0.717) is 31.1 Å². The van der Waals surface area contributed by atoms with Crippen LogP contribution < -0.4 is 10.0 Å². The van der Waals surface area contributed by atoms with Gasteiger partial charge in [-0.3, -0.25) is 9.69 Å². The van der Waals surface area contributed by atoms with Crippen LogP contribution in [0.15, 0.2) is 11.6 Å². The Kier molecular flexibility index (Phi) is 5.31. The Bertz CT molecular complexity index is 565. The molecule has 0 radical (unpaired) electrons. The molecule has 1 aliphatic heterocycles. The number of likely N-dealkylation sites (tertiary alicyclic amines) is 1. The van der Waals surface area contributed by atoms with Crippen molar-refractivity contribution < 1.29 is 13.2 Å². The zero-order valence-electron chi connectivity index (χ0n) is 12.1. The molecule has 1 unspecified atom stereocenters. The molecule has 1 aromatic heterocycles. The van der Waals surface area contributed by atoms with Crippen molar-refractivity contribution in [1.29, 1.82) is 0 Å². The first-order valence-electron chi connectivity index (χ1n) is 6.77. The van der Waals surface area contributed by atoms with Gasteiger partial charge in [0.1, 0.15) is 0 Å². The topological polar surface area (TPSA) is 91.4 Å². The fourth-order valence-corrected chi connectivity index (χ4v) is 3.74. The van der Waals surface area contributed by atoms with Crippen molar-refractivity contribution in [2.75, 3.05) is 24.7 Å². The van der Waals surface area contributed by atoms with E-state index in [1.165, 1.54) is 17.6 Å². The summed E-state index contributed by atoms with van der Waals surface area (Å²) in [6.07, 6.45) is 4.24. The molecule has 1 aliphatic rings. The number of thiazole rings is 1. The summed E-state index contributed by atoms with van der Waals surface area (Å²) in [6, 6.07) is -0.293. The summed E-state index contributed by atoms with van der Waals surface area (Å²) in [7, 11) is -3.17. The zero-order chi connectivity index (χ0) is 15.5. The predicted molar refractivity (Wildman–Crippen MR) is 82.8 cm³/mol. The van der Waals surface area contributed by atoms with Gasteiger partial charge < -0.3 is 5.32 Å². The van der Waals surface area contributed by atoms with Crippen molar-refractivity contribution >= 4 is 32.4 Å². The van der Waals surface area contributed by atoms with Crippen LogP contribution in [-0.4, -0.2) is 55.6 Å². The third-order valence-electron chi connectivity index (χ3n) is 3.50. The van der Waals surface area contributed by atoms with Crippen LogP contribution in [0.5, 0.6) is 0 Å². The number of nitrogens with one attached hydrogen (secondary N) is 2. The van der Waals surface area contributed by atoms with Gasteiger partial charge in [0, 0.05) is 30.7 Å². The van der Waals surface area contributed by atoms with Gasteiger partial charge in [-0.25, -0.2) is 18.1 Å². The SMILES string of the molecule is CC(C(=O)Nc1nccs1)N1CCC(NS(C)(=O)=O)CC1. The number of carbonyl (C=O) groups is 1. The molecule has 1 amide bonds. The third kappa shape index (κ3) is 5.03. The van der Waals surface area contributed by atoms with Crippen LogP contribution >= 0.6 is 11.3 Å². The summed E-state index contributed by atoms with van der Waals surface area (Å²) in [5, 5.41) is 5.19. The number of nitrogens with zero attached hydrogens (tertiary/aromatic N) is 2. The lowest BCUT2D eigenvalue weighted by molar-refractivity contribution is -0.121. The van der Waals surface area contributed by atoms with Gasteiger partial charge in [-0.15, -0.1) is 11.3 Å². The fraction of sp³-hybridized carbons (Fsp3) is 0.667. The molecule has 9 heteroatoms. The first kappa shape index (κ1) is 16.3. The molecule has 1 atom stereocenters. The van der Waals surface area contributed by atoms with Gasteiger partial charge >= 0.3 is 0 Å². The summed E-state index contributed by atoms with van der Waals surface area (Å²) in [6.45, 7) is 3.24. The molecular weight excluding hydrogens is 312 g/mol. The molecule has 2 heterocycles. The van der Waals surface area contributed by atoms with Crippen molar-refractivity contribution in [3.63, 3.8) is 0 Å². The second-order valence-corrected chi connectivity index (χ2v) is 7.88. The molecule has 0 saturated carbocycles. The number of sulfonamides is 1. The van der Waals surface area contributed by atoms with Crippen molar-refractivity contribution in [2.24, 2.45) is 0 Å². The molecule has 0 aromatic carbocycles. The molecule has 118 valence electrons.